The Kier molecular flexibility index (Phi) is 6.08. The van der Waals surface area contributed by atoms with E-state index in [0.29, 0.717) is 6.54 Å². The molecule has 2 aliphatic rings. The summed E-state index contributed by atoms with van der Waals surface area (Å²) in [4.78, 5) is 27.5. The van der Waals surface area contributed by atoms with E-state index >= 15 is 0 Å². The van der Waals surface area contributed by atoms with E-state index in [2.05, 4.69) is 5.32 Å². The van der Waals surface area contributed by atoms with Crippen LogP contribution in [-0.2, 0) is 22.7 Å². The molecule has 136 valence electrons. The van der Waals surface area contributed by atoms with Crippen LogP contribution in [0.25, 0.3) is 0 Å². The van der Waals surface area contributed by atoms with Gasteiger partial charge in [-0.05, 0) is 36.8 Å². The first-order valence-corrected chi connectivity index (χ1v) is 9.44. The van der Waals surface area contributed by atoms with Gasteiger partial charge in [-0.2, -0.15) is 0 Å². The molecule has 0 radical (unpaired) electrons. The molecule has 1 aliphatic carbocycles. The van der Waals surface area contributed by atoms with Gasteiger partial charge in [0.2, 0.25) is 11.8 Å². The van der Waals surface area contributed by atoms with Crippen molar-refractivity contribution in [3.05, 3.63) is 35.4 Å². The largest absolute Gasteiger partial charge is 0.392 e. The van der Waals surface area contributed by atoms with Crippen molar-refractivity contribution in [2.24, 2.45) is 11.8 Å². The topological polar surface area (TPSA) is 69.6 Å². The third-order valence-corrected chi connectivity index (χ3v) is 5.48. The Morgan fingerprint density at radius 1 is 1.04 bits per heavy atom. The van der Waals surface area contributed by atoms with Gasteiger partial charge in [0, 0.05) is 31.5 Å². The maximum Gasteiger partial charge on any atom is 0.226 e. The Balaban J connectivity index is 1.61. The number of aliphatic hydroxyl groups excluding tert-OH is 1. The average Bonchev–Trinajstić information content (AvgIpc) is 3.20. The molecule has 1 aromatic rings. The van der Waals surface area contributed by atoms with Crippen LogP contribution < -0.4 is 5.32 Å². The van der Waals surface area contributed by atoms with Gasteiger partial charge in [-0.15, -0.1) is 0 Å². The molecule has 25 heavy (non-hydrogen) atoms. The van der Waals surface area contributed by atoms with Gasteiger partial charge in [-0.1, -0.05) is 37.1 Å². The summed E-state index contributed by atoms with van der Waals surface area (Å²) in [6, 6.07) is 7.58. The fourth-order valence-corrected chi connectivity index (χ4v) is 4.07. The van der Waals surface area contributed by atoms with Crippen LogP contribution in [0.4, 0.5) is 0 Å². The maximum absolute atomic E-state index is 12.8. The van der Waals surface area contributed by atoms with E-state index in [-0.39, 0.29) is 30.3 Å². The summed E-state index contributed by atoms with van der Waals surface area (Å²) in [5.41, 5.74) is 1.81. The summed E-state index contributed by atoms with van der Waals surface area (Å²) in [7, 11) is 0. The van der Waals surface area contributed by atoms with Crippen molar-refractivity contribution in [2.75, 3.05) is 13.1 Å². The Morgan fingerprint density at radius 3 is 2.44 bits per heavy atom. The molecule has 1 heterocycles. The first-order valence-electron chi connectivity index (χ1n) is 9.44. The van der Waals surface area contributed by atoms with Crippen molar-refractivity contribution in [3.8, 4) is 0 Å². The second kappa shape index (κ2) is 8.48. The van der Waals surface area contributed by atoms with E-state index < -0.39 is 0 Å². The number of nitrogens with zero attached hydrogens (tertiary/aromatic N) is 1. The molecule has 1 saturated heterocycles. The zero-order valence-corrected chi connectivity index (χ0v) is 14.7. The van der Waals surface area contributed by atoms with Gasteiger partial charge in [0.05, 0.1) is 6.61 Å². The predicted molar refractivity (Wildman–Crippen MR) is 95.5 cm³/mol. The van der Waals surface area contributed by atoms with Crippen molar-refractivity contribution in [2.45, 2.75) is 51.7 Å². The number of aliphatic hydroxyl groups is 1. The lowest BCUT2D eigenvalue weighted by Gasteiger charge is -2.32. The molecule has 1 saturated carbocycles. The number of nitrogens with one attached hydrogen (secondary N) is 1. The van der Waals surface area contributed by atoms with Crippen molar-refractivity contribution in [1.82, 2.24) is 10.2 Å². The van der Waals surface area contributed by atoms with Gasteiger partial charge in [-0.25, -0.2) is 0 Å². The number of rotatable bonds is 5. The number of carbonyl (C=O) groups is 2. The van der Waals surface area contributed by atoms with Crippen molar-refractivity contribution >= 4 is 11.8 Å². The van der Waals surface area contributed by atoms with Crippen LogP contribution in [0, 0.1) is 11.8 Å². The molecule has 2 amide bonds. The number of benzene rings is 1. The summed E-state index contributed by atoms with van der Waals surface area (Å²) < 4.78 is 0. The lowest BCUT2D eigenvalue weighted by molar-refractivity contribution is -0.142. The zero-order valence-electron chi connectivity index (χ0n) is 14.7. The molecular formula is C20H28N2O3. The smallest absolute Gasteiger partial charge is 0.226 e. The lowest BCUT2D eigenvalue weighted by atomic mass is 9.78. The Labute approximate surface area is 149 Å². The van der Waals surface area contributed by atoms with Gasteiger partial charge in [0.1, 0.15) is 0 Å². The van der Waals surface area contributed by atoms with Crippen molar-refractivity contribution in [3.63, 3.8) is 0 Å². The molecule has 0 bridgehead atoms. The van der Waals surface area contributed by atoms with Crippen LogP contribution in [-0.4, -0.2) is 34.9 Å². The van der Waals surface area contributed by atoms with E-state index in [9.17, 15) is 14.7 Å². The summed E-state index contributed by atoms with van der Waals surface area (Å²) in [5, 5.41) is 12.2. The summed E-state index contributed by atoms with van der Waals surface area (Å²) in [5.74, 6) is -0.190. The zero-order chi connectivity index (χ0) is 17.6. The normalized spacial score (nSPS) is 23.5. The van der Waals surface area contributed by atoms with Crippen molar-refractivity contribution in [1.29, 1.82) is 0 Å². The second-order valence-electron chi connectivity index (χ2n) is 7.23. The molecule has 2 atom stereocenters. The minimum atomic E-state index is -0.206. The van der Waals surface area contributed by atoms with E-state index in [1.165, 1.54) is 0 Å². The van der Waals surface area contributed by atoms with E-state index in [1.54, 1.807) is 0 Å². The molecule has 1 aromatic carbocycles. The minimum absolute atomic E-state index is 0.00315. The average molecular weight is 344 g/mol. The van der Waals surface area contributed by atoms with E-state index in [1.807, 2.05) is 29.2 Å². The molecule has 5 heteroatoms. The SMILES string of the molecule is O=C(NCc1cccc(CO)c1)[C@H]1CCCC[C@H]1C(=O)N1CCCC1. The molecule has 5 nitrogen and oxygen atoms in total. The van der Waals surface area contributed by atoms with Crippen LogP contribution >= 0.6 is 0 Å². The molecule has 2 fully saturated rings. The number of hydrogen-bond donors (Lipinski definition) is 2. The monoisotopic (exact) mass is 344 g/mol. The first-order chi connectivity index (χ1) is 12.2. The molecule has 3 rings (SSSR count). The summed E-state index contributed by atoms with van der Waals surface area (Å²) in [6.45, 7) is 2.12. The van der Waals surface area contributed by atoms with Gasteiger partial charge in [0.25, 0.3) is 0 Å². The third-order valence-electron chi connectivity index (χ3n) is 5.48. The maximum atomic E-state index is 12.8. The highest BCUT2D eigenvalue weighted by Crippen LogP contribution is 2.32. The van der Waals surface area contributed by atoms with Crippen LogP contribution in [0.5, 0.6) is 0 Å². The molecule has 1 aliphatic heterocycles. The highest BCUT2D eigenvalue weighted by atomic mass is 16.3. The fourth-order valence-electron chi connectivity index (χ4n) is 4.07. The highest BCUT2D eigenvalue weighted by Gasteiger charge is 2.38. The van der Waals surface area contributed by atoms with Gasteiger partial charge >= 0.3 is 0 Å². The Morgan fingerprint density at radius 2 is 1.72 bits per heavy atom. The highest BCUT2D eigenvalue weighted by molar-refractivity contribution is 5.88. The number of hydrogen-bond acceptors (Lipinski definition) is 3. The van der Waals surface area contributed by atoms with Crippen LogP contribution in [0.3, 0.4) is 0 Å². The van der Waals surface area contributed by atoms with Crippen molar-refractivity contribution < 1.29 is 14.7 Å². The van der Waals surface area contributed by atoms with Gasteiger partial charge in [-0.3, -0.25) is 9.59 Å². The Bertz CT molecular complexity index is 611. The molecule has 0 unspecified atom stereocenters. The predicted octanol–water partition coefficient (Wildman–Crippen LogP) is 2.22. The van der Waals surface area contributed by atoms with Gasteiger partial charge < -0.3 is 15.3 Å². The van der Waals surface area contributed by atoms with E-state index in [4.69, 9.17) is 0 Å². The number of amides is 2. The first kappa shape index (κ1) is 17.9. The number of carbonyl (C=O) groups excluding carboxylic acids is 2. The lowest BCUT2D eigenvalue weighted by Crippen LogP contribution is -2.44. The van der Waals surface area contributed by atoms with Crippen LogP contribution in [0.2, 0.25) is 0 Å². The van der Waals surface area contributed by atoms with Crippen LogP contribution in [0.15, 0.2) is 24.3 Å². The Hall–Kier alpha value is -1.88. The van der Waals surface area contributed by atoms with E-state index in [0.717, 1.165) is 62.7 Å². The molecule has 0 spiro atoms. The molecule has 2 N–H and O–H groups in total. The van der Waals surface area contributed by atoms with Gasteiger partial charge in [0.15, 0.2) is 0 Å². The quantitative estimate of drug-likeness (QED) is 0.860. The second-order valence-corrected chi connectivity index (χ2v) is 7.23. The van der Waals surface area contributed by atoms with Crippen LogP contribution in [0.1, 0.15) is 49.7 Å². The molecular weight excluding hydrogens is 316 g/mol. The molecule has 0 aromatic heterocycles. The minimum Gasteiger partial charge on any atom is -0.392 e. The summed E-state index contributed by atoms with van der Waals surface area (Å²) in [6.07, 6.45) is 5.83. The number of likely N-dealkylation sites (tertiary alicyclic amines) is 1. The third kappa shape index (κ3) is 4.40. The summed E-state index contributed by atoms with van der Waals surface area (Å²) >= 11 is 0. The fraction of sp³-hybridized carbons (Fsp3) is 0.600. The standard InChI is InChI=1S/C20H28N2O3/c23-14-16-7-5-6-15(12-16)13-21-19(24)17-8-1-2-9-18(17)20(25)22-10-3-4-11-22/h5-7,12,17-18,23H,1-4,8-11,13-14H2,(H,21,24)/t17-,18+/m0/s1.